The second kappa shape index (κ2) is 9.88. The summed E-state index contributed by atoms with van der Waals surface area (Å²) in [6.45, 7) is 3.87. The van der Waals surface area contributed by atoms with Gasteiger partial charge in [-0.1, -0.05) is 29.3 Å². The number of phenols is 1. The predicted octanol–water partition coefficient (Wildman–Crippen LogP) is 2.52. The fourth-order valence-electron chi connectivity index (χ4n) is 7.15. The Labute approximate surface area is 242 Å². The number of benzene rings is 2. The van der Waals surface area contributed by atoms with Crippen LogP contribution in [0.5, 0.6) is 5.75 Å². The number of carbonyl (C=O) groups is 3. The Morgan fingerprint density at radius 1 is 1.02 bits per heavy atom. The molecule has 4 atom stereocenters. The van der Waals surface area contributed by atoms with E-state index in [4.69, 9.17) is 5.73 Å². The second-order valence-electron chi connectivity index (χ2n) is 12.0. The number of fused-ring (bicyclic) bond motifs is 3. The van der Waals surface area contributed by atoms with Crippen molar-refractivity contribution in [2.24, 2.45) is 22.7 Å². The number of ketones is 2. The average molecular weight is 575 g/mol. The number of hydrogen-bond acceptors (Lipinski definition) is 10. The molecule has 1 amide bonds. The van der Waals surface area contributed by atoms with E-state index in [0.29, 0.717) is 22.4 Å². The van der Waals surface area contributed by atoms with Crippen LogP contribution in [0.25, 0.3) is 16.9 Å². The minimum absolute atomic E-state index is 0.00712. The molecule has 220 valence electrons. The molecule has 2 aromatic carbocycles. The van der Waals surface area contributed by atoms with Gasteiger partial charge >= 0.3 is 0 Å². The van der Waals surface area contributed by atoms with Gasteiger partial charge in [-0.05, 0) is 69.1 Å². The number of Topliss-reactive ketones (excluding diaryl/α,β-unsaturated/α-hetero) is 2. The lowest BCUT2D eigenvalue weighted by atomic mass is 9.56. The maximum atomic E-state index is 14.2. The van der Waals surface area contributed by atoms with Gasteiger partial charge < -0.3 is 30.9 Å². The Bertz CT molecular complexity index is 1630. The third kappa shape index (κ3) is 3.98. The summed E-state index contributed by atoms with van der Waals surface area (Å²) in [5, 5.41) is 38.1. The number of aryl methyl sites for hydroxylation is 2. The molecular weight excluding hydrogens is 540 g/mol. The van der Waals surface area contributed by atoms with Crippen molar-refractivity contribution in [2.45, 2.75) is 38.3 Å². The lowest BCUT2D eigenvalue weighted by molar-refractivity contribution is -0.161. The summed E-state index contributed by atoms with van der Waals surface area (Å²) >= 11 is 0. The number of primary amides is 1. The van der Waals surface area contributed by atoms with Crippen LogP contribution in [0, 0.1) is 30.6 Å². The van der Waals surface area contributed by atoms with Crippen molar-refractivity contribution >= 4 is 28.9 Å². The molecule has 0 aromatic heterocycles. The first kappa shape index (κ1) is 29.2. The lowest BCUT2D eigenvalue weighted by Gasteiger charge is -2.50. The highest BCUT2D eigenvalue weighted by Gasteiger charge is 2.65. The maximum absolute atomic E-state index is 14.2. The molecule has 1 fully saturated rings. The Morgan fingerprint density at radius 3 is 2.17 bits per heavy atom. The molecule has 0 bridgehead atoms. The van der Waals surface area contributed by atoms with Crippen molar-refractivity contribution in [2.75, 3.05) is 33.1 Å². The van der Waals surface area contributed by atoms with Gasteiger partial charge in [-0.2, -0.15) is 0 Å². The molecule has 1 unspecified atom stereocenters. The minimum atomic E-state index is -2.78. The number of hydrogen-bond donors (Lipinski definition) is 4. The van der Waals surface area contributed by atoms with Gasteiger partial charge in [0.2, 0.25) is 11.6 Å². The van der Waals surface area contributed by atoms with Gasteiger partial charge in [0.25, 0.3) is 5.91 Å². The highest BCUT2D eigenvalue weighted by Crippen LogP contribution is 2.54. The summed E-state index contributed by atoms with van der Waals surface area (Å²) in [5.41, 5.74) is 5.64. The van der Waals surface area contributed by atoms with E-state index in [-0.39, 0.29) is 29.7 Å². The van der Waals surface area contributed by atoms with Gasteiger partial charge in [0.1, 0.15) is 22.8 Å². The largest absolute Gasteiger partial charge is 0.507 e. The van der Waals surface area contributed by atoms with Crippen LogP contribution in [0.3, 0.4) is 0 Å². The molecule has 42 heavy (non-hydrogen) atoms. The van der Waals surface area contributed by atoms with Crippen molar-refractivity contribution < 1.29 is 29.7 Å². The maximum Gasteiger partial charge on any atom is 0.254 e. The third-order valence-electron chi connectivity index (χ3n) is 8.81. The normalized spacial score (nSPS) is 25.3. The molecule has 0 radical (unpaired) electrons. The summed E-state index contributed by atoms with van der Waals surface area (Å²) in [5.74, 6) is -6.29. The van der Waals surface area contributed by atoms with Crippen molar-refractivity contribution in [3.63, 3.8) is 0 Å². The number of carbonyl (C=O) groups excluding carboxylic acids is 3. The SMILES string of the molecule is Cc1cc(C)cc(-c2cc(N(C)C)c3c(c2O)C(O)=C2C(=O)[C@]4(O)C(=O)C(C(N)=O)=C(N=O)C(N(C)C)[C@@H]4C[C@@H]2C3)c1. The lowest BCUT2D eigenvalue weighted by Crippen LogP contribution is -2.67. The van der Waals surface area contributed by atoms with E-state index in [2.05, 4.69) is 5.18 Å². The number of nitroso groups, excluding NO2 is 1. The number of likely N-dealkylation sites (N-methyl/N-ethyl adjacent to an activating group) is 1. The van der Waals surface area contributed by atoms with Crippen LogP contribution in [-0.4, -0.2) is 77.5 Å². The first-order valence-electron chi connectivity index (χ1n) is 13.6. The topological polar surface area (TPSA) is 174 Å². The minimum Gasteiger partial charge on any atom is -0.507 e. The highest BCUT2D eigenvalue weighted by molar-refractivity contribution is 6.33. The predicted molar refractivity (Wildman–Crippen MR) is 157 cm³/mol. The monoisotopic (exact) mass is 574 g/mol. The van der Waals surface area contributed by atoms with E-state index in [0.717, 1.165) is 11.1 Å². The van der Waals surface area contributed by atoms with Gasteiger partial charge in [-0.15, -0.1) is 4.91 Å². The zero-order chi connectivity index (χ0) is 31.0. The molecular formula is C31H34N4O7. The molecule has 0 saturated heterocycles. The molecule has 0 heterocycles. The van der Waals surface area contributed by atoms with Crippen molar-refractivity contribution in [1.82, 2.24) is 4.90 Å². The van der Waals surface area contributed by atoms with Crippen LogP contribution >= 0.6 is 0 Å². The van der Waals surface area contributed by atoms with Gasteiger partial charge in [-0.25, -0.2) is 0 Å². The number of nitrogens with two attached hydrogens (primary N) is 1. The van der Waals surface area contributed by atoms with Gasteiger partial charge in [0, 0.05) is 36.8 Å². The van der Waals surface area contributed by atoms with Gasteiger partial charge in [-0.3, -0.25) is 14.4 Å². The number of anilines is 1. The third-order valence-corrected chi connectivity index (χ3v) is 8.81. The summed E-state index contributed by atoms with van der Waals surface area (Å²) in [6.07, 6.45) is 0.207. The molecule has 3 aliphatic rings. The van der Waals surface area contributed by atoms with E-state index >= 15 is 0 Å². The second-order valence-corrected chi connectivity index (χ2v) is 12.0. The molecule has 0 spiro atoms. The van der Waals surface area contributed by atoms with Crippen LogP contribution < -0.4 is 10.6 Å². The molecule has 5 rings (SSSR count). The molecule has 3 aliphatic carbocycles. The molecule has 1 saturated carbocycles. The Hall–Kier alpha value is -4.35. The molecule has 11 heteroatoms. The van der Waals surface area contributed by atoms with Crippen LogP contribution in [0.1, 0.15) is 28.7 Å². The average Bonchev–Trinajstić information content (AvgIpc) is 2.88. The van der Waals surface area contributed by atoms with Crippen LogP contribution in [-0.2, 0) is 20.8 Å². The van der Waals surface area contributed by atoms with Crippen LogP contribution in [0.15, 0.2) is 46.3 Å². The zero-order valence-electron chi connectivity index (χ0n) is 24.3. The highest BCUT2D eigenvalue weighted by atomic mass is 16.3. The molecule has 2 aromatic rings. The fraction of sp³-hybridized carbons (Fsp3) is 0.387. The van der Waals surface area contributed by atoms with Crippen LogP contribution in [0.2, 0.25) is 0 Å². The van der Waals surface area contributed by atoms with Crippen molar-refractivity contribution in [1.29, 1.82) is 0 Å². The first-order chi connectivity index (χ1) is 19.6. The quantitative estimate of drug-likeness (QED) is 0.238. The van der Waals surface area contributed by atoms with Gasteiger partial charge in [0.05, 0.1) is 11.6 Å². The summed E-state index contributed by atoms with van der Waals surface area (Å²) in [7, 11) is 6.81. The number of rotatable bonds is 5. The first-order valence-corrected chi connectivity index (χ1v) is 13.6. The van der Waals surface area contributed by atoms with E-state index in [1.807, 2.05) is 57.1 Å². The van der Waals surface area contributed by atoms with E-state index in [1.54, 1.807) is 14.1 Å². The molecule has 5 N–H and O–H groups in total. The molecule has 11 nitrogen and oxygen atoms in total. The Kier molecular flexibility index (Phi) is 6.86. The number of aliphatic hydroxyl groups is 2. The smallest absolute Gasteiger partial charge is 0.254 e. The Balaban J connectivity index is 1.78. The number of amides is 1. The number of aromatic hydroxyl groups is 1. The Morgan fingerprint density at radius 2 is 1.64 bits per heavy atom. The van der Waals surface area contributed by atoms with Crippen molar-refractivity contribution in [3.8, 4) is 16.9 Å². The van der Waals surface area contributed by atoms with E-state index in [1.165, 1.54) is 4.90 Å². The zero-order valence-corrected chi connectivity index (χ0v) is 24.3. The summed E-state index contributed by atoms with van der Waals surface area (Å²) in [6, 6.07) is 6.57. The van der Waals surface area contributed by atoms with E-state index < -0.39 is 58.0 Å². The summed E-state index contributed by atoms with van der Waals surface area (Å²) in [4.78, 5) is 55.3. The molecule has 0 aliphatic heterocycles. The number of phenolic OH excluding ortho intramolecular Hbond substituents is 1. The van der Waals surface area contributed by atoms with Crippen LogP contribution in [0.4, 0.5) is 5.69 Å². The van der Waals surface area contributed by atoms with Crippen molar-refractivity contribution in [3.05, 3.63) is 68.3 Å². The van der Waals surface area contributed by atoms with E-state index in [9.17, 15) is 34.6 Å². The summed E-state index contributed by atoms with van der Waals surface area (Å²) < 4.78 is 0. The fourth-order valence-corrected chi connectivity index (χ4v) is 7.15. The standard InChI is InChI=1S/C31H34N4O7/c1-13-7-14(2)9-15(8-13)17-12-20(34(3)4)18-10-16-11-19-25(35(5)6)24(33-42)23(30(32)40)29(39)31(19,41)28(38)21(16)27(37)22(18)26(17)36/h7-9,12,16,19,25,36-37,41H,10-11H2,1-6H3,(H2,32,40)/t16-,19-,25?,31-/m0/s1. The van der Waals surface area contributed by atoms with Gasteiger partial charge in [0.15, 0.2) is 5.60 Å². The number of aliphatic hydroxyl groups excluding tert-OH is 1. The number of nitrogens with zero attached hydrogens (tertiary/aromatic N) is 3.